The molecule has 0 saturated carbocycles. The van der Waals surface area contributed by atoms with Crippen LogP contribution in [0.4, 0.5) is 0 Å². The minimum Gasteiger partial charge on any atom is -0.495 e. The minimum atomic E-state index is -1.04. The number of ether oxygens (including phenoxy) is 2. The van der Waals surface area contributed by atoms with Gasteiger partial charge in [-0.3, -0.25) is 0 Å². The molecule has 1 rings (SSSR count). The second kappa shape index (κ2) is 6.16. The smallest absolute Gasteiger partial charge is 0.335 e. The van der Waals surface area contributed by atoms with Gasteiger partial charge in [-0.1, -0.05) is 27.8 Å². The summed E-state index contributed by atoms with van der Waals surface area (Å²) in [6.07, 6.45) is 0. The van der Waals surface area contributed by atoms with Crippen molar-refractivity contribution in [2.24, 2.45) is 0 Å². The predicted octanol–water partition coefficient (Wildman–Crippen LogP) is 2.15. The summed E-state index contributed by atoms with van der Waals surface area (Å²) >= 11 is 3.19. The van der Waals surface area contributed by atoms with E-state index >= 15 is 0 Å². The van der Waals surface area contributed by atoms with Crippen molar-refractivity contribution < 1.29 is 19.4 Å². The molecule has 1 N–H and O–H groups in total. The second-order valence-electron chi connectivity index (χ2n) is 3.00. The number of carboxylic acid groups (broad SMARTS) is 1. The Morgan fingerprint density at radius 1 is 1.35 bits per heavy atom. The highest BCUT2D eigenvalue weighted by Crippen LogP contribution is 2.29. The molecule has 5 heteroatoms. The summed E-state index contributed by atoms with van der Waals surface area (Å²) in [5.41, 5.74) is 0.641. The van der Waals surface area contributed by atoms with E-state index in [1.165, 1.54) is 26.4 Å². The molecular weight excluding hydrogens is 288 g/mol. The quantitative estimate of drug-likeness (QED) is 0.686. The average molecular weight is 299 g/mol. The first-order valence-electron chi connectivity index (χ1n) is 4.68. The number of hydrogen-bond donors (Lipinski definition) is 1. The molecule has 0 bridgehead atoms. The number of alkyl halides is 1. The number of benzene rings is 1. The number of hydrogen-bond acceptors (Lipinski definition) is 3. The Labute approximate surface area is 108 Å². The number of aromatic carboxylic acids is 1. The summed E-state index contributed by atoms with van der Waals surface area (Å²) in [5, 5.41) is 9.45. The highest BCUT2D eigenvalue weighted by molar-refractivity contribution is 9.09. The van der Waals surface area contributed by atoms with Crippen molar-refractivity contribution in [1.29, 1.82) is 0 Å². The molecular formula is C12H11BrO4. The lowest BCUT2D eigenvalue weighted by Crippen LogP contribution is -2.01. The Morgan fingerprint density at radius 2 is 1.88 bits per heavy atom. The van der Waals surface area contributed by atoms with Crippen molar-refractivity contribution in [3.8, 4) is 23.3 Å². The van der Waals surface area contributed by atoms with Crippen LogP contribution in [0.5, 0.6) is 11.5 Å². The van der Waals surface area contributed by atoms with Crippen LogP contribution in [0.1, 0.15) is 15.9 Å². The van der Waals surface area contributed by atoms with E-state index in [0.717, 1.165) is 0 Å². The van der Waals surface area contributed by atoms with Crippen LogP contribution in [0.3, 0.4) is 0 Å². The van der Waals surface area contributed by atoms with Crippen LogP contribution in [-0.4, -0.2) is 30.6 Å². The van der Waals surface area contributed by atoms with E-state index in [2.05, 4.69) is 27.8 Å². The highest BCUT2D eigenvalue weighted by atomic mass is 79.9. The van der Waals surface area contributed by atoms with Gasteiger partial charge in [0.2, 0.25) is 0 Å². The van der Waals surface area contributed by atoms with E-state index in [4.69, 9.17) is 14.6 Å². The summed E-state index contributed by atoms with van der Waals surface area (Å²) in [6.45, 7) is 0. The summed E-state index contributed by atoms with van der Waals surface area (Å²) in [4.78, 5) is 10.9. The van der Waals surface area contributed by atoms with Crippen LogP contribution in [-0.2, 0) is 0 Å². The Kier molecular flexibility index (Phi) is 4.85. The molecule has 90 valence electrons. The molecule has 0 saturated heterocycles. The van der Waals surface area contributed by atoms with Gasteiger partial charge in [-0.15, -0.1) is 0 Å². The Hall–Kier alpha value is -1.67. The van der Waals surface area contributed by atoms with Gasteiger partial charge in [-0.25, -0.2) is 4.79 Å². The van der Waals surface area contributed by atoms with Gasteiger partial charge in [0.15, 0.2) is 0 Å². The number of methoxy groups -OCH3 is 2. The van der Waals surface area contributed by atoms with Crippen LogP contribution in [0.25, 0.3) is 0 Å². The van der Waals surface area contributed by atoms with Gasteiger partial charge in [-0.05, 0) is 12.1 Å². The maximum absolute atomic E-state index is 10.9. The maximum atomic E-state index is 10.9. The monoisotopic (exact) mass is 298 g/mol. The molecule has 0 atom stereocenters. The van der Waals surface area contributed by atoms with Crippen LogP contribution in [0.15, 0.2) is 12.1 Å². The first-order valence-corrected chi connectivity index (χ1v) is 5.80. The molecule has 17 heavy (non-hydrogen) atoms. The molecule has 0 amide bonds. The largest absolute Gasteiger partial charge is 0.495 e. The zero-order valence-corrected chi connectivity index (χ0v) is 11.0. The summed E-state index contributed by atoms with van der Waals surface area (Å²) in [7, 11) is 2.92. The van der Waals surface area contributed by atoms with Crippen LogP contribution >= 0.6 is 15.9 Å². The summed E-state index contributed by atoms with van der Waals surface area (Å²) in [5.74, 6) is 5.41. The van der Waals surface area contributed by atoms with Crippen molar-refractivity contribution in [3.05, 3.63) is 23.3 Å². The molecule has 4 nitrogen and oxygen atoms in total. The third-order valence-electron chi connectivity index (χ3n) is 2.03. The molecule has 0 fully saturated rings. The number of halogens is 1. The lowest BCUT2D eigenvalue weighted by Gasteiger charge is -2.09. The van der Waals surface area contributed by atoms with Crippen molar-refractivity contribution >= 4 is 21.9 Å². The normalized spacial score (nSPS) is 9.12. The summed E-state index contributed by atoms with van der Waals surface area (Å²) < 4.78 is 10.2. The Balaban J connectivity index is 3.41. The van der Waals surface area contributed by atoms with Gasteiger partial charge >= 0.3 is 5.97 Å². The van der Waals surface area contributed by atoms with E-state index in [-0.39, 0.29) is 5.56 Å². The zero-order chi connectivity index (χ0) is 12.8. The number of rotatable bonds is 3. The SMILES string of the molecule is COc1cc(C(=O)O)cc(OC)c1C#CCBr. The molecule has 0 spiro atoms. The molecule has 0 radical (unpaired) electrons. The third kappa shape index (κ3) is 3.14. The van der Waals surface area contributed by atoms with Crippen LogP contribution in [0.2, 0.25) is 0 Å². The lowest BCUT2D eigenvalue weighted by molar-refractivity contribution is 0.0696. The number of carbonyl (C=O) groups is 1. The Morgan fingerprint density at radius 3 is 2.24 bits per heavy atom. The zero-order valence-electron chi connectivity index (χ0n) is 9.41. The fraction of sp³-hybridized carbons (Fsp3) is 0.250. The van der Waals surface area contributed by atoms with Crippen molar-refractivity contribution in [2.75, 3.05) is 19.5 Å². The molecule has 0 aliphatic rings. The summed E-state index contributed by atoms with van der Waals surface area (Å²) in [6, 6.07) is 2.84. The van der Waals surface area contributed by atoms with Crippen molar-refractivity contribution in [2.45, 2.75) is 0 Å². The fourth-order valence-corrected chi connectivity index (χ4v) is 1.42. The minimum absolute atomic E-state index is 0.100. The maximum Gasteiger partial charge on any atom is 0.335 e. The molecule has 0 aliphatic carbocycles. The van der Waals surface area contributed by atoms with E-state index < -0.39 is 5.97 Å². The van der Waals surface area contributed by atoms with E-state index in [9.17, 15) is 4.79 Å². The van der Waals surface area contributed by atoms with Crippen LogP contribution in [0, 0.1) is 11.8 Å². The van der Waals surface area contributed by atoms with Gasteiger partial charge in [-0.2, -0.15) is 0 Å². The van der Waals surface area contributed by atoms with E-state index in [1.807, 2.05) is 0 Å². The molecule has 1 aromatic carbocycles. The third-order valence-corrected chi connectivity index (χ3v) is 2.31. The van der Waals surface area contributed by atoms with Crippen LogP contribution < -0.4 is 9.47 Å². The number of carboxylic acids is 1. The first-order chi connectivity index (χ1) is 8.13. The van der Waals surface area contributed by atoms with Gasteiger partial charge < -0.3 is 14.6 Å². The molecule has 0 heterocycles. The Bertz CT molecular complexity index is 460. The van der Waals surface area contributed by atoms with E-state index in [0.29, 0.717) is 22.4 Å². The molecule has 0 aromatic heterocycles. The lowest BCUT2D eigenvalue weighted by atomic mass is 10.1. The topological polar surface area (TPSA) is 55.8 Å². The first kappa shape index (κ1) is 13.4. The van der Waals surface area contributed by atoms with E-state index in [1.54, 1.807) is 0 Å². The molecule has 0 unspecified atom stereocenters. The second-order valence-corrected chi connectivity index (χ2v) is 3.56. The van der Waals surface area contributed by atoms with Gasteiger partial charge in [0.05, 0.1) is 25.1 Å². The van der Waals surface area contributed by atoms with Crippen molar-refractivity contribution in [3.63, 3.8) is 0 Å². The molecule has 0 aliphatic heterocycles. The highest BCUT2D eigenvalue weighted by Gasteiger charge is 2.14. The van der Waals surface area contributed by atoms with Gasteiger partial charge in [0, 0.05) is 0 Å². The average Bonchev–Trinajstić information content (AvgIpc) is 2.34. The van der Waals surface area contributed by atoms with Crippen molar-refractivity contribution in [1.82, 2.24) is 0 Å². The van der Waals surface area contributed by atoms with Gasteiger partial charge in [0.25, 0.3) is 0 Å². The standard InChI is InChI=1S/C12H11BrO4/c1-16-10-6-8(12(14)15)7-11(17-2)9(10)4-3-5-13/h6-7H,5H2,1-2H3,(H,14,15). The predicted molar refractivity (Wildman–Crippen MR) is 67.2 cm³/mol. The molecule has 1 aromatic rings. The fourth-order valence-electron chi connectivity index (χ4n) is 1.28. The van der Waals surface area contributed by atoms with Gasteiger partial charge in [0.1, 0.15) is 17.1 Å².